The molecule has 0 atom stereocenters. The SMILES string of the molecule is CCOc1cc(/C=C2\C(=O)NC(=O)N(c3ccc(C)cc3)C2=O)c(Br)cc1OCc1ccccc1Cl. The highest BCUT2D eigenvalue weighted by Gasteiger charge is 2.37. The number of nitrogens with one attached hydrogen (secondary N) is 1. The van der Waals surface area contributed by atoms with Gasteiger partial charge < -0.3 is 9.47 Å². The number of hydrogen-bond acceptors (Lipinski definition) is 5. The van der Waals surface area contributed by atoms with E-state index in [1.54, 1.807) is 42.5 Å². The lowest BCUT2D eigenvalue weighted by Crippen LogP contribution is -2.54. The number of urea groups is 1. The van der Waals surface area contributed by atoms with E-state index in [-0.39, 0.29) is 12.2 Å². The van der Waals surface area contributed by atoms with Crippen LogP contribution in [0.4, 0.5) is 10.5 Å². The number of benzene rings is 3. The Morgan fingerprint density at radius 1 is 1.00 bits per heavy atom. The molecule has 1 aliphatic heterocycles. The Morgan fingerprint density at radius 2 is 1.69 bits per heavy atom. The lowest BCUT2D eigenvalue weighted by Gasteiger charge is -2.26. The first kappa shape index (κ1) is 25.5. The first-order valence-corrected chi connectivity index (χ1v) is 12.3. The van der Waals surface area contributed by atoms with E-state index in [1.807, 2.05) is 32.0 Å². The average Bonchev–Trinajstić information content (AvgIpc) is 2.84. The zero-order valence-corrected chi connectivity index (χ0v) is 21.9. The number of amides is 4. The molecular weight excluding hydrogens is 548 g/mol. The predicted molar refractivity (Wildman–Crippen MR) is 141 cm³/mol. The quantitative estimate of drug-likeness (QED) is 0.276. The Hall–Kier alpha value is -3.62. The van der Waals surface area contributed by atoms with Crippen LogP contribution < -0.4 is 19.7 Å². The monoisotopic (exact) mass is 568 g/mol. The van der Waals surface area contributed by atoms with Crippen molar-refractivity contribution >= 4 is 57.1 Å². The minimum Gasteiger partial charge on any atom is -0.490 e. The molecule has 0 spiro atoms. The lowest BCUT2D eigenvalue weighted by atomic mass is 10.1. The van der Waals surface area contributed by atoms with Crippen LogP contribution in [0.15, 0.2) is 70.7 Å². The van der Waals surface area contributed by atoms with E-state index in [0.717, 1.165) is 16.0 Å². The Balaban J connectivity index is 1.67. The topological polar surface area (TPSA) is 84.9 Å². The summed E-state index contributed by atoms with van der Waals surface area (Å²) in [5.74, 6) is -0.620. The molecule has 1 saturated heterocycles. The highest BCUT2D eigenvalue weighted by Crippen LogP contribution is 2.36. The van der Waals surface area contributed by atoms with Crippen LogP contribution in [0.3, 0.4) is 0 Å². The van der Waals surface area contributed by atoms with Gasteiger partial charge >= 0.3 is 6.03 Å². The Bertz CT molecular complexity index is 1370. The van der Waals surface area contributed by atoms with Gasteiger partial charge in [-0.3, -0.25) is 14.9 Å². The summed E-state index contributed by atoms with van der Waals surface area (Å²) in [6.07, 6.45) is 1.41. The van der Waals surface area contributed by atoms with Crippen molar-refractivity contribution in [3.8, 4) is 11.5 Å². The van der Waals surface area contributed by atoms with Crippen molar-refractivity contribution in [2.24, 2.45) is 0 Å². The van der Waals surface area contributed by atoms with Crippen LogP contribution in [0.5, 0.6) is 11.5 Å². The molecule has 1 fully saturated rings. The van der Waals surface area contributed by atoms with Gasteiger partial charge in [-0.15, -0.1) is 0 Å². The van der Waals surface area contributed by atoms with E-state index in [0.29, 0.717) is 38.9 Å². The number of ether oxygens (including phenoxy) is 2. The molecule has 1 N–H and O–H groups in total. The maximum absolute atomic E-state index is 13.2. The number of halogens is 2. The number of carbonyl (C=O) groups is 3. The summed E-state index contributed by atoms with van der Waals surface area (Å²) in [7, 11) is 0. The molecule has 4 rings (SSSR count). The number of aryl methyl sites for hydroxylation is 1. The summed E-state index contributed by atoms with van der Waals surface area (Å²) in [6, 6.07) is 16.8. The van der Waals surface area contributed by atoms with E-state index in [1.165, 1.54) is 6.08 Å². The molecule has 3 aromatic rings. The van der Waals surface area contributed by atoms with Crippen LogP contribution in [0.2, 0.25) is 5.02 Å². The van der Waals surface area contributed by atoms with Crippen LogP contribution in [0.1, 0.15) is 23.6 Å². The van der Waals surface area contributed by atoms with Crippen molar-refractivity contribution < 1.29 is 23.9 Å². The fraction of sp³-hybridized carbons (Fsp3) is 0.148. The van der Waals surface area contributed by atoms with Crippen molar-refractivity contribution in [3.05, 3.63) is 92.4 Å². The van der Waals surface area contributed by atoms with Gasteiger partial charge in [-0.05, 0) is 55.8 Å². The highest BCUT2D eigenvalue weighted by molar-refractivity contribution is 9.10. The maximum Gasteiger partial charge on any atom is 0.335 e. The molecule has 0 saturated carbocycles. The first-order chi connectivity index (χ1) is 17.3. The van der Waals surface area contributed by atoms with Crippen molar-refractivity contribution in [1.29, 1.82) is 0 Å². The number of barbiturate groups is 1. The minimum atomic E-state index is -0.802. The lowest BCUT2D eigenvalue weighted by molar-refractivity contribution is -0.122. The third kappa shape index (κ3) is 5.45. The van der Waals surface area contributed by atoms with Gasteiger partial charge in [0.1, 0.15) is 12.2 Å². The number of rotatable bonds is 7. The number of imide groups is 2. The summed E-state index contributed by atoms with van der Waals surface area (Å²) >= 11 is 9.72. The molecule has 1 aliphatic rings. The van der Waals surface area contributed by atoms with Crippen molar-refractivity contribution in [2.45, 2.75) is 20.5 Å². The number of hydrogen-bond donors (Lipinski definition) is 1. The van der Waals surface area contributed by atoms with E-state index < -0.39 is 17.8 Å². The molecule has 0 unspecified atom stereocenters. The van der Waals surface area contributed by atoms with E-state index in [2.05, 4.69) is 21.2 Å². The molecule has 0 aromatic heterocycles. The Morgan fingerprint density at radius 3 is 2.39 bits per heavy atom. The van der Waals surface area contributed by atoms with Crippen molar-refractivity contribution in [1.82, 2.24) is 5.32 Å². The van der Waals surface area contributed by atoms with Gasteiger partial charge in [0.2, 0.25) is 0 Å². The maximum atomic E-state index is 13.2. The molecular formula is C27H22BrClN2O5. The smallest absolute Gasteiger partial charge is 0.335 e. The van der Waals surface area contributed by atoms with E-state index in [9.17, 15) is 14.4 Å². The summed E-state index contributed by atoms with van der Waals surface area (Å²) in [5.41, 5.74) is 2.45. The molecule has 9 heteroatoms. The Kier molecular flexibility index (Phi) is 7.76. The van der Waals surface area contributed by atoms with Crippen molar-refractivity contribution in [2.75, 3.05) is 11.5 Å². The van der Waals surface area contributed by atoms with Crippen LogP contribution in [0.25, 0.3) is 6.08 Å². The molecule has 1 heterocycles. The highest BCUT2D eigenvalue weighted by atomic mass is 79.9. The summed E-state index contributed by atoms with van der Waals surface area (Å²) in [5, 5.41) is 2.82. The molecule has 0 radical (unpaired) electrons. The van der Waals surface area contributed by atoms with E-state index in [4.69, 9.17) is 21.1 Å². The molecule has 0 bridgehead atoms. The molecule has 36 heavy (non-hydrogen) atoms. The second kappa shape index (κ2) is 11.0. The summed E-state index contributed by atoms with van der Waals surface area (Å²) in [4.78, 5) is 39.2. The molecule has 184 valence electrons. The summed E-state index contributed by atoms with van der Waals surface area (Å²) in [6.45, 7) is 4.32. The number of nitrogens with zero attached hydrogens (tertiary/aromatic N) is 1. The predicted octanol–water partition coefficient (Wildman–Crippen LogP) is 6.06. The van der Waals surface area contributed by atoms with Gasteiger partial charge in [-0.2, -0.15) is 0 Å². The molecule has 7 nitrogen and oxygen atoms in total. The van der Waals surface area contributed by atoms with E-state index >= 15 is 0 Å². The number of anilines is 1. The van der Waals surface area contributed by atoms with Gasteiger partial charge in [0.05, 0.1) is 12.3 Å². The molecule has 0 aliphatic carbocycles. The summed E-state index contributed by atoms with van der Waals surface area (Å²) < 4.78 is 12.3. The fourth-order valence-corrected chi connectivity index (χ4v) is 4.18. The molecule has 4 amide bonds. The van der Waals surface area contributed by atoms with Gasteiger partial charge in [-0.25, -0.2) is 9.69 Å². The second-order valence-corrected chi connectivity index (χ2v) is 9.19. The fourth-order valence-electron chi connectivity index (χ4n) is 3.55. The van der Waals surface area contributed by atoms with Crippen LogP contribution >= 0.6 is 27.5 Å². The van der Waals surface area contributed by atoms with Crippen LogP contribution in [0, 0.1) is 6.92 Å². The third-order valence-corrected chi connectivity index (χ3v) is 6.45. The van der Waals surface area contributed by atoms with Crippen molar-refractivity contribution in [3.63, 3.8) is 0 Å². The largest absolute Gasteiger partial charge is 0.490 e. The first-order valence-electron chi connectivity index (χ1n) is 11.1. The van der Waals surface area contributed by atoms with Gasteiger partial charge in [0.15, 0.2) is 11.5 Å². The second-order valence-electron chi connectivity index (χ2n) is 7.93. The van der Waals surface area contributed by atoms with Gasteiger partial charge in [-0.1, -0.05) is 63.4 Å². The molecule has 3 aromatic carbocycles. The Labute approximate surface area is 221 Å². The zero-order chi connectivity index (χ0) is 25.8. The minimum absolute atomic E-state index is 0.192. The van der Waals surface area contributed by atoms with Gasteiger partial charge in [0, 0.05) is 15.1 Å². The van der Waals surface area contributed by atoms with Gasteiger partial charge in [0.25, 0.3) is 11.8 Å². The zero-order valence-electron chi connectivity index (χ0n) is 19.5. The average molecular weight is 570 g/mol. The van der Waals surface area contributed by atoms with Crippen LogP contribution in [-0.4, -0.2) is 24.5 Å². The standard InChI is InChI=1S/C27H22BrClN2O5/c1-3-35-23-13-18(21(28)14-24(23)36-15-17-6-4-5-7-22(17)29)12-20-25(32)30-27(34)31(26(20)33)19-10-8-16(2)9-11-19/h4-14H,3,15H2,1-2H3,(H,30,32,34)/b20-12+. The normalized spacial score (nSPS) is 14.7. The third-order valence-electron chi connectivity index (χ3n) is 5.40. The number of carbonyl (C=O) groups excluding carboxylic acids is 3. The van der Waals surface area contributed by atoms with Crippen LogP contribution in [-0.2, 0) is 16.2 Å².